The van der Waals surface area contributed by atoms with Crippen molar-refractivity contribution in [3.8, 4) is 11.5 Å². The number of fused-ring (bicyclic) bond motifs is 2. The monoisotopic (exact) mass is 305 g/mol. The van der Waals surface area contributed by atoms with Crippen molar-refractivity contribution in [1.82, 2.24) is 4.98 Å². The summed E-state index contributed by atoms with van der Waals surface area (Å²) in [6.07, 6.45) is 1.71. The maximum Gasteiger partial charge on any atom is 0.180 e. The Morgan fingerprint density at radius 2 is 2.00 bits per heavy atom. The number of hydrogen-bond acceptors (Lipinski definition) is 6. The van der Waals surface area contributed by atoms with Gasteiger partial charge in [0.1, 0.15) is 11.3 Å². The Hall–Kier alpha value is -1.92. The lowest BCUT2D eigenvalue weighted by Gasteiger charge is -2.10. The highest BCUT2D eigenvalue weighted by Gasteiger charge is 2.22. The zero-order chi connectivity index (χ0) is 15.0. The van der Waals surface area contributed by atoms with E-state index in [4.69, 9.17) is 13.9 Å². The van der Waals surface area contributed by atoms with E-state index in [1.54, 1.807) is 20.4 Å². The van der Waals surface area contributed by atoms with Crippen LogP contribution in [0.3, 0.4) is 0 Å². The predicted molar refractivity (Wildman–Crippen MR) is 83.3 cm³/mol. The highest BCUT2D eigenvalue weighted by Crippen LogP contribution is 2.44. The van der Waals surface area contributed by atoms with Crippen LogP contribution in [0.5, 0.6) is 11.5 Å². The Kier molecular flexibility index (Phi) is 3.65. The summed E-state index contributed by atoms with van der Waals surface area (Å²) in [7, 11) is 3.20. The zero-order valence-corrected chi connectivity index (χ0v) is 12.7. The molecule has 1 N–H and O–H groups in total. The van der Waals surface area contributed by atoms with Gasteiger partial charge in [-0.1, -0.05) is 0 Å². The van der Waals surface area contributed by atoms with Crippen molar-refractivity contribution in [3.05, 3.63) is 30.2 Å². The second-order valence-electron chi connectivity index (χ2n) is 4.61. The number of rotatable bonds is 4. The smallest absolute Gasteiger partial charge is 0.180 e. The van der Waals surface area contributed by atoms with E-state index in [2.05, 4.69) is 4.98 Å². The molecular weight excluding hydrogens is 290 g/mol. The fourth-order valence-electron chi connectivity index (χ4n) is 2.43. The Bertz CT molecular complexity index is 739. The van der Waals surface area contributed by atoms with Gasteiger partial charge in [0.05, 0.1) is 30.2 Å². The van der Waals surface area contributed by atoms with E-state index >= 15 is 0 Å². The minimum Gasteiger partial charge on any atom is -0.494 e. The molecule has 0 bridgehead atoms. The van der Waals surface area contributed by atoms with Crippen molar-refractivity contribution in [3.63, 3.8) is 0 Å². The summed E-state index contributed by atoms with van der Waals surface area (Å²) in [5, 5.41) is 1.44. The molecular formula is C15H15NO4S. The van der Waals surface area contributed by atoms with E-state index in [0.29, 0.717) is 22.8 Å². The van der Waals surface area contributed by atoms with Crippen molar-refractivity contribution in [2.45, 2.75) is 12.2 Å². The maximum atomic E-state index is 9.24. The second kappa shape index (κ2) is 5.46. The lowest BCUT2D eigenvalue weighted by molar-refractivity contribution is 0.408. The lowest BCUT2D eigenvalue weighted by Crippen LogP contribution is -1.92. The molecule has 3 aromatic rings. The fourth-order valence-corrected chi connectivity index (χ4v) is 2.65. The van der Waals surface area contributed by atoms with E-state index in [0.717, 1.165) is 28.3 Å². The molecule has 0 radical (unpaired) electrons. The highest BCUT2D eigenvalue weighted by molar-refractivity contribution is 7.93. The second-order valence-corrected chi connectivity index (χ2v) is 5.52. The van der Waals surface area contributed by atoms with E-state index in [1.807, 2.05) is 25.1 Å². The van der Waals surface area contributed by atoms with Gasteiger partial charge in [-0.2, -0.15) is 0 Å². The molecule has 2 aromatic heterocycles. The van der Waals surface area contributed by atoms with Gasteiger partial charge < -0.3 is 18.4 Å². The van der Waals surface area contributed by atoms with Crippen LogP contribution in [0.2, 0.25) is 0 Å². The van der Waals surface area contributed by atoms with E-state index in [-0.39, 0.29) is 5.25 Å². The quantitative estimate of drug-likeness (QED) is 0.726. The van der Waals surface area contributed by atoms with Gasteiger partial charge in [0, 0.05) is 6.20 Å². The van der Waals surface area contributed by atoms with Crippen LogP contribution in [-0.2, 0) is 0 Å². The molecule has 2 heterocycles. The molecule has 21 heavy (non-hydrogen) atoms. The average molecular weight is 305 g/mol. The van der Waals surface area contributed by atoms with Gasteiger partial charge in [0.25, 0.3) is 0 Å². The van der Waals surface area contributed by atoms with Crippen LogP contribution in [0.15, 0.2) is 28.8 Å². The molecule has 0 amide bonds. The summed E-state index contributed by atoms with van der Waals surface area (Å²) in [5.41, 5.74) is 1.33. The summed E-state index contributed by atoms with van der Waals surface area (Å²) in [6, 6.07) is 5.61. The van der Waals surface area contributed by atoms with E-state index in [1.165, 1.54) is 0 Å². The molecule has 5 nitrogen and oxygen atoms in total. The van der Waals surface area contributed by atoms with Crippen LogP contribution in [0, 0.1) is 0 Å². The van der Waals surface area contributed by atoms with Crippen molar-refractivity contribution < 1.29 is 18.4 Å². The minimum atomic E-state index is -0.178. The number of hydrogen-bond donors (Lipinski definition) is 1. The standard InChI is InChI=1S/C15H15NO4S/c1-8(21-17)11-7-10-13(18-2)12-9(5-4-6-16-12)14(19-3)15(10)20-11/h4-8,17H,1-3H3. The van der Waals surface area contributed by atoms with Crippen LogP contribution in [0.4, 0.5) is 0 Å². The van der Waals surface area contributed by atoms with Crippen molar-refractivity contribution in [2.24, 2.45) is 0 Å². The lowest BCUT2D eigenvalue weighted by atomic mass is 10.1. The molecule has 0 aliphatic heterocycles. The molecule has 0 aliphatic carbocycles. The number of aromatic nitrogens is 1. The maximum absolute atomic E-state index is 9.24. The van der Waals surface area contributed by atoms with Gasteiger partial charge in [-0.15, -0.1) is 0 Å². The first kappa shape index (κ1) is 14.0. The Morgan fingerprint density at radius 3 is 2.67 bits per heavy atom. The molecule has 6 heteroatoms. The van der Waals surface area contributed by atoms with Crippen molar-refractivity contribution >= 4 is 33.9 Å². The third-order valence-corrected chi connectivity index (χ3v) is 3.98. The predicted octanol–water partition coefficient (Wildman–Crippen LogP) is 4.27. The van der Waals surface area contributed by atoms with Crippen molar-refractivity contribution in [1.29, 1.82) is 0 Å². The van der Waals surface area contributed by atoms with Crippen molar-refractivity contribution in [2.75, 3.05) is 14.2 Å². The SMILES string of the molecule is COc1c2cc(C(C)SO)oc2c(OC)c2cccnc12. The third kappa shape index (κ3) is 2.11. The van der Waals surface area contributed by atoms with Crippen LogP contribution in [-0.4, -0.2) is 23.8 Å². The van der Waals surface area contributed by atoms with E-state index < -0.39 is 0 Å². The van der Waals surface area contributed by atoms with Crippen LogP contribution in [0.1, 0.15) is 17.9 Å². The molecule has 0 fully saturated rings. The fraction of sp³-hybridized carbons (Fsp3) is 0.267. The molecule has 1 unspecified atom stereocenters. The number of ether oxygens (including phenoxy) is 2. The number of benzene rings is 1. The Morgan fingerprint density at radius 1 is 1.24 bits per heavy atom. The summed E-state index contributed by atoms with van der Waals surface area (Å²) in [5.74, 6) is 1.92. The average Bonchev–Trinajstić information content (AvgIpc) is 2.96. The first-order valence-electron chi connectivity index (χ1n) is 6.43. The number of methoxy groups -OCH3 is 2. The highest BCUT2D eigenvalue weighted by atomic mass is 32.2. The molecule has 0 spiro atoms. The normalized spacial score (nSPS) is 12.8. The molecule has 0 saturated heterocycles. The molecule has 3 rings (SSSR count). The summed E-state index contributed by atoms with van der Waals surface area (Å²) < 4.78 is 26.1. The summed E-state index contributed by atoms with van der Waals surface area (Å²) in [4.78, 5) is 4.38. The Labute approximate surface area is 126 Å². The van der Waals surface area contributed by atoms with E-state index in [9.17, 15) is 4.55 Å². The van der Waals surface area contributed by atoms with Gasteiger partial charge in [-0.05, 0) is 37.2 Å². The van der Waals surface area contributed by atoms with Gasteiger partial charge in [0.15, 0.2) is 17.1 Å². The van der Waals surface area contributed by atoms with Crippen LogP contribution in [0.25, 0.3) is 21.9 Å². The molecule has 110 valence electrons. The number of furan rings is 1. The summed E-state index contributed by atoms with van der Waals surface area (Å²) >= 11 is 0.733. The molecule has 1 aromatic carbocycles. The van der Waals surface area contributed by atoms with Gasteiger partial charge in [-0.3, -0.25) is 4.98 Å². The first-order valence-corrected chi connectivity index (χ1v) is 7.27. The third-order valence-electron chi connectivity index (χ3n) is 3.44. The molecule has 1 atom stereocenters. The van der Waals surface area contributed by atoms with Crippen LogP contribution < -0.4 is 9.47 Å². The van der Waals surface area contributed by atoms with Gasteiger partial charge in [-0.25, -0.2) is 0 Å². The first-order chi connectivity index (χ1) is 10.2. The topological polar surface area (TPSA) is 64.7 Å². The number of pyridine rings is 1. The number of nitrogens with zero attached hydrogens (tertiary/aromatic N) is 1. The van der Waals surface area contributed by atoms with Gasteiger partial charge in [0.2, 0.25) is 0 Å². The van der Waals surface area contributed by atoms with Gasteiger partial charge >= 0.3 is 0 Å². The van der Waals surface area contributed by atoms with Crippen LogP contribution >= 0.6 is 12.0 Å². The zero-order valence-electron chi connectivity index (χ0n) is 11.9. The largest absolute Gasteiger partial charge is 0.494 e. The molecule has 0 aliphatic rings. The Balaban J connectivity index is 2.44. The summed E-state index contributed by atoms with van der Waals surface area (Å²) in [6.45, 7) is 1.86. The molecule has 0 saturated carbocycles. The minimum absolute atomic E-state index is 0.178.